The van der Waals surface area contributed by atoms with Crippen molar-refractivity contribution in [1.29, 1.82) is 0 Å². The summed E-state index contributed by atoms with van der Waals surface area (Å²) in [5.41, 5.74) is 1.64. The lowest BCUT2D eigenvalue weighted by Crippen LogP contribution is -2.13. The van der Waals surface area contributed by atoms with Gasteiger partial charge >= 0.3 is 0 Å². The number of aromatic nitrogens is 3. The Morgan fingerprint density at radius 2 is 2.00 bits per heavy atom. The van der Waals surface area contributed by atoms with Crippen molar-refractivity contribution >= 4 is 22.4 Å². The van der Waals surface area contributed by atoms with Crippen molar-refractivity contribution in [3.8, 4) is 22.2 Å². The van der Waals surface area contributed by atoms with Crippen molar-refractivity contribution in [1.82, 2.24) is 15.1 Å². The molecule has 6 nitrogen and oxygen atoms in total. The van der Waals surface area contributed by atoms with E-state index < -0.39 is 0 Å². The summed E-state index contributed by atoms with van der Waals surface area (Å²) in [6.07, 6.45) is 0.465. The molecule has 0 saturated carbocycles. The van der Waals surface area contributed by atoms with E-state index >= 15 is 0 Å². The molecule has 7 heteroatoms. The maximum absolute atomic E-state index is 11.9. The molecule has 0 spiro atoms. The summed E-state index contributed by atoms with van der Waals surface area (Å²) in [4.78, 5) is 21.4. The van der Waals surface area contributed by atoms with E-state index in [1.165, 1.54) is 11.3 Å². The summed E-state index contributed by atoms with van der Waals surface area (Å²) in [7, 11) is 0. The highest BCUT2D eigenvalue weighted by atomic mass is 32.1. The quantitative estimate of drug-likeness (QED) is 0.753. The van der Waals surface area contributed by atoms with Crippen LogP contribution >= 0.6 is 11.3 Å². The number of anilines is 1. The Balaban J connectivity index is 1.81. The van der Waals surface area contributed by atoms with E-state index in [1.807, 2.05) is 51.1 Å². The zero-order valence-corrected chi connectivity index (χ0v) is 14.6. The van der Waals surface area contributed by atoms with Crippen LogP contribution in [0, 0.1) is 12.8 Å². The van der Waals surface area contributed by atoms with Crippen molar-refractivity contribution in [3.63, 3.8) is 0 Å². The number of rotatable bonds is 5. The van der Waals surface area contributed by atoms with Gasteiger partial charge in [0.2, 0.25) is 11.7 Å². The first-order valence-electron chi connectivity index (χ1n) is 7.69. The van der Waals surface area contributed by atoms with E-state index in [9.17, 15) is 4.79 Å². The highest BCUT2D eigenvalue weighted by molar-refractivity contribution is 7.19. The zero-order chi connectivity index (χ0) is 17.1. The van der Waals surface area contributed by atoms with Gasteiger partial charge in [0.15, 0.2) is 5.13 Å². The average molecular weight is 342 g/mol. The van der Waals surface area contributed by atoms with Gasteiger partial charge in [-0.05, 0) is 12.8 Å². The van der Waals surface area contributed by atoms with Crippen LogP contribution < -0.4 is 5.32 Å². The molecule has 0 radical (unpaired) electrons. The predicted octanol–water partition coefficient (Wildman–Crippen LogP) is 4.15. The first-order valence-corrected chi connectivity index (χ1v) is 8.51. The normalized spacial score (nSPS) is 11.0. The number of nitrogens with zero attached hydrogens (tertiary/aromatic N) is 3. The first kappa shape index (κ1) is 16.3. The second-order valence-corrected chi connectivity index (χ2v) is 6.87. The molecule has 124 valence electrons. The van der Waals surface area contributed by atoms with Crippen LogP contribution in [0.3, 0.4) is 0 Å². The second-order valence-electron chi connectivity index (χ2n) is 5.87. The number of benzene rings is 1. The molecule has 3 rings (SSSR count). The van der Waals surface area contributed by atoms with E-state index in [-0.39, 0.29) is 5.91 Å². The lowest BCUT2D eigenvalue weighted by Gasteiger charge is -2.03. The van der Waals surface area contributed by atoms with E-state index in [4.69, 9.17) is 4.52 Å². The number of carbonyl (C=O) groups excluding carboxylic acids is 1. The minimum atomic E-state index is -0.0409. The summed E-state index contributed by atoms with van der Waals surface area (Å²) < 4.78 is 5.37. The van der Waals surface area contributed by atoms with Gasteiger partial charge in [0, 0.05) is 12.0 Å². The van der Waals surface area contributed by atoms with Gasteiger partial charge in [-0.15, -0.1) is 0 Å². The minimum Gasteiger partial charge on any atom is -0.333 e. The van der Waals surface area contributed by atoms with Crippen molar-refractivity contribution in [2.24, 2.45) is 5.92 Å². The number of hydrogen-bond donors (Lipinski definition) is 1. The minimum absolute atomic E-state index is 0.0409. The van der Waals surface area contributed by atoms with Crippen molar-refractivity contribution in [2.75, 3.05) is 5.32 Å². The Labute approximate surface area is 143 Å². The molecule has 0 aliphatic heterocycles. The lowest BCUT2D eigenvalue weighted by atomic mass is 10.1. The zero-order valence-electron chi connectivity index (χ0n) is 13.7. The number of hydrogen-bond acceptors (Lipinski definition) is 6. The fourth-order valence-corrected chi connectivity index (χ4v) is 3.11. The lowest BCUT2D eigenvalue weighted by molar-refractivity contribution is -0.116. The summed E-state index contributed by atoms with van der Waals surface area (Å²) in [6.45, 7) is 5.86. The highest BCUT2D eigenvalue weighted by Gasteiger charge is 2.18. The Morgan fingerprint density at radius 1 is 1.25 bits per heavy atom. The summed E-state index contributed by atoms with van der Waals surface area (Å²) in [5, 5.41) is 7.39. The molecule has 3 aromatic rings. The van der Waals surface area contributed by atoms with Crippen LogP contribution in [0.15, 0.2) is 34.9 Å². The average Bonchev–Trinajstić information content (AvgIpc) is 3.14. The summed E-state index contributed by atoms with van der Waals surface area (Å²) >= 11 is 1.34. The first-order chi connectivity index (χ1) is 11.5. The Kier molecular flexibility index (Phi) is 4.71. The third-order valence-electron chi connectivity index (χ3n) is 3.29. The SMILES string of the molecule is Cc1nc(NC(=O)CC(C)C)sc1-c1nc(-c2ccccc2)no1. The second kappa shape index (κ2) is 6.92. The Hall–Kier alpha value is -2.54. The van der Waals surface area contributed by atoms with Crippen LogP contribution in [0.25, 0.3) is 22.2 Å². The number of thiazole rings is 1. The molecule has 2 heterocycles. The molecule has 24 heavy (non-hydrogen) atoms. The molecule has 0 fully saturated rings. The number of amides is 1. The molecular formula is C17H18N4O2S. The molecule has 0 bridgehead atoms. The van der Waals surface area contributed by atoms with Gasteiger partial charge < -0.3 is 9.84 Å². The van der Waals surface area contributed by atoms with Gasteiger partial charge in [0.1, 0.15) is 4.88 Å². The fraction of sp³-hybridized carbons (Fsp3) is 0.294. The van der Waals surface area contributed by atoms with Gasteiger partial charge in [-0.25, -0.2) is 4.98 Å². The molecule has 0 saturated heterocycles. The smallest absolute Gasteiger partial charge is 0.270 e. The van der Waals surface area contributed by atoms with Gasteiger partial charge in [-0.1, -0.05) is 60.7 Å². The van der Waals surface area contributed by atoms with E-state index in [0.717, 1.165) is 16.1 Å². The third kappa shape index (κ3) is 3.68. The number of aryl methyl sites for hydroxylation is 1. The molecule has 0 aliphatic rings. The molecule has 1 N–H and O–H groups in total. The molecule has 1 aromatic carbocycles. The van der Waals surface area contributed by atoms with E-state index in [1.54, 1.807) is 0 Å². The molecular weight excluding hydrogens is 324 g/mol. The van der Waals surface area contributed by atoms with Crippen LogP contribution in [0.4, 0.5) is 5.13 Å². The van der Waals surface area contributed by atoms with Crippen LogP contribution in [0.2, 0.25) is 0 Å². The van der Waals surface area contributed by atoms with Crippen LogP contribution in [-0.4, -0.2) is 21.0 Å². The Bertz CT molecular complexity index is 839. The Morgan fingerprint density at radius 3 is 2.71 bits per heavy atom. The van der Waals surface area contributed by atoms with Gasteiger partial charge in [-0.2, -0.15) is 4.98 Å². The maximum atomic E-state index is 11.9. The van der Waals surface area contributed by atoms with Crippen molar-refractivity contribution in [2.45, 2.75) is 27.2 Å². The van der Waals surface area contributed by atoms with Crippen LogP contribution in [-0.2, 0) is 4.79 Å². The predicted molar refractivity (Wildman–Crippen MR) is 93.7 cm³/mol. The van der Waals surface area contributed by atoms with E-state index in [2.05, 4.69) is 20.4 Å². The fourth-order valence-electron chi connectivity index (χ4n) is 2.21. The molecule has 0 unspecified atom stereocenters. The van der Waals surface area contributed by atoms with Gasteiger partial charge in [-0.3, -0.25) is 4.79 Å². The van der Waals surface area contributed by atoms with Crippen LogP contribution in [0.5, 0.6) is 0 Å². The molecule has 1 amide bonds. The topological polar surface area (TPSA) is 80.9 Å². The van der Waals surface area contributed by atoms with E-state index in [0.29, 0.717) is 29.2 Å². The van der Waals surface area contributed by atoms with Crippen molar-refractivity contribution < 1.29 is 9.32 Å². The molecule has 2 aromatic heterocycles. The van der Waals surface area contributed by atoms with Gasteiger partial charge in [0.05, 0.1) is 5.69 Å². The summed E-state index contributed by atoms with van der Waals surface area (Å²) in [5.74, 6) is 1.20. The van der Waals surface area contributed by atoms with Gasteiger partial charge in [0.25, 0.3) is 5.89 Å². The third-order valence-corrected chi connectivity index (χ3v) is 4.35. The van der Waals surface area contributed by atoms with Crippen LogP contribution in [0.1, 0.15) is 26.0 Å². The standard InChI is InChI=1S/C17H18N4O2S/c1-10(2)9-13(22)19-17-18-11(3)14(24-17)16-20-15(21-23-16)12-7-5-4-6-8-12/h4-8,10H,9H2,1-3H3,(H,18,19,22). The largest absolute Gasteiger partial charge is 0.333 e. The molecule has 0 atom stereocenters. The highest BCUT2D eigenvalue weighted by Crippen LogP contribution is 2.32. The molecule has 0 aliphatic carbocycles. The monoisotopic (exact) mass is 342 g/mol. The summed E-state index contributed by atoms with van der Waals surface area (Å²) in [6, 6.07) is 9.62. The number of nitrogens with one attached hydrogen (secondary N) is 1. The number of carbonyl (C=O) groups is 1. The van der Waals surface area contributed by atoms with Crippen molar-refractivity contribution in [3.05, 3.63) is 36.0 Å². The maximum Gasteiger partial charge on any atom is 0.270 e.